The monoisotopic (exact) mass is 196 g/mol. The summed E-state index contributed by atoms with van der Waals surface area (Å²) in [5.41, 5.74) is 0. The minimum atomic E-state index is -4.09. The van der Waals surface area contributed by atoms with Crippen LogP contribution in [0, 0.1) is 0 Å². The van der Waals surface area contributed by atoms with E-state index < -0.39 is 16.1 Å². The van der Waals surface area contributed by atoms with E-state index in [4.69, 9.17) is 4.55 Å². The van der Waals surface area contributed by atoms with Crippen LogP contribution in [0.25, 0.3) is 0 Å². The maximum atomic E-state index is 10.1. The lowest BCUT2D eigenvalue weighted by Crippen LogP contribution is -2.10. The van der Waals surface area contributed by atoms with E-state index >= 15 is 0 Å². The quantitative estimate of drug-likeness (QED) is 0.671. The Labute approximate surface area is 66.7 Å². The van der Waals surface area contributed by atoms with Gasteiger partial charge in [-0.15, -0.1) is 0 Å². The van der Waals surface area contributed by atoms with Crippen LogP contribution in [0.1, 0.15) is 0 Å². The van der Waals surface area contributed by atoms with Crippen LogP contribution in [-0.2, 0) is 10.1 Å². The van der Waals surface area contributed by atoms with E-state index in [1.807, 2.05) is 0 Å². The number of rotatable bonds is 3. The summed E-state index contributed by atoms with van der Waals surface area (Å²) >= 11 is 1.03. The van der Waals surface area contributed by atoms with Crippen LogP contribution in [0.15, 0.2) is 5.38 Å². The molecule has 1 rings (SSSR count). The summed E-state index contributed by atoms with van der Waals surface area (Å²) in [6.07, 6.45) is 0. The first-order chi connectivity index (χ1) is 5.08. The molecule has 0 unspecified atom stereocenters. The average Bonchev–Trinajstić information content (AvgIpc) is 2.32. The van der Waals surface area contributed by atoms with Gasteiger partial charge in [0, 0.05) is 0 Å². The van der Waals surface area contributed by atoms with Gasteiger partial charge < -0.3 is 4.74 Å². The molecule has 11 heavy (non-hydrogen) atoms. The molecule has 0 saturated heterocycles. The number of hydrogen-bond acceptors (Lipinski definition) is 6. The Bertz CT molecular complexity index is 304. The van der Waals surface area contributed by atoms with Crippen LogP contribution in [0.4, 0.5) is 0 Å². The van der Waals surface area contributed by atoms with Crippen molar-refractivity contribution in [3.05, 3.63) is 5.38 Å². The third-order valence-electron chi connectivity index (χ3n) is 0.696. The third kappa shape index (κ3) is 3.25. The molecule has 0 radical (unpaired) electrons. The van der Waals surface area contributed by atoms with E-state index in [0.29, 0.717) is 0 Å². The fraction of sp³-hybridized carbons (Fsp3) is 0.333. The van der Waals surface area contributed by atoms with E-state index in [2.05, 4.69) is 14.3 Å². The van der Waals surface area contributed by atoms with Gasteiger partial charge in [0.2, 0.25) is 11.8 Å². The molecular formula is C3H4N2O4S2. The van der Waals surface area contributed by atoms with E-state index in [1.54, 1.807) is 0 Å². The molecule has 0 aliphatic heterocycles. The highest BCUT2D eigenvalue weighted by atomic mass is 32.2. The van der Waals surface area contributed by atoms with Crippen LogP contribution < -0.4 is 4.74 Å². The van der Waals surface area contributed by atoms with Crippen molar-refractivity contribution in [2.75, 3.05) is 5.94 Å². The minimum absolute atomic E-state index is 0.0904. The van der Waals surface area contributed by atoms with Gasteiger partial charge in [0.05, 0.1) is 5.38 Å². The molecule has 0 fully saturated rings. The Kier molecular flexibility index (Phi) is 2.37. The predicted molar refractivity (Wildman–Crippen MR) is 37.0 cm³/mol. The van der Waals surface area contributed by atoms with Crippen molar-refractivity contribution in [3.8, 4) is 5.88 Å². The normalized spacial score (nSPS) is 11.4. The van der Waals surface area contributed by atoms with Gasteiger partial charge in [-0.2, -0.15) is 8.42 Å². The molecule has 6 nitrogen and oxygen atoms in total. The zero-order valence-corrected chi connectivity index (χ0v) is 6.80. The molecule has 1 N–H and O–H groups in total. The lowest BCUT2D eigenvalue weighted by atomic mass is 10.9. The summed E-state index contributed by atoms with van der Waals surface area (Å²) in [7, 11) is -4.09. The fourth-order valence-corrected chi connectivity index (χ4v) is 1.00. The van der Waals surface area contributed by atoms with Crippen molar-refractivity contribution in [2.45, 2.75) is 0 Å². The Morgan fingerprint density at radius 2 is 2.45 bits per heavy atom. The lowest BCUT2D eigenvalue weighted by molar-refractivity contribution is 0.341. The zero-order valence-electron chi connectivity index (χ0n) is 5.17. The summed E-state index contributed by atoms with van der Waals surface area (Å²) < 4.78 is 36.4. The molecule has 0 aliphatic carbocycles. The molecule has 0 spiro atoms. The minimum Gasteiger partial charge on any atom is -0.457 e. The SMILES string of the molecule is O=S(=O)(O)COc1csnn1. The Balaban J connectivity index is 2.48. The van der Waals surface area contributed by atoms with Crippen LogP contribution in [-0.4, -0.2) is 28.5 Å². The highest BCUT2D eigenvalue weighted by Crippen LogP contribution is 2.06. The van der Waals surface area contributed by atoms with Gasteiger partial charge in [-0.05, 0) is 11.5 Å². The summed E-state index contributed by atoms with van der Waals surface area (Å²) in [6, 6.07) is 0. The molecule has 0 amide bonds. The largest absolute Gasteiger partial charge is 0.457 e. The first-order valence-electron chi connectivity index (χ1n) is 2.43. The molecule has 0 bridgehead atoms. The second kappa shape index (κ2) is 3.11. The molecule has 0 saturated carbocycles. The Hall–Kier alpha value is -0.730. The zero-order chi connectivity index (χ0) is 8.32. The summed E-state index contributed by atoms with van der Waals surface area (Å²) in [4.78, 5) is 0. The summed E-state index contributed by atoms with van der Waals surface area (Å²) in [5, 5.41) is 4.81. The maximum absolute atomic E-state index is 10.1. The van der Waals surface area contributed by atoms with Gasteiger partial charge >= 0.3 is 10.1 Å². The highest BCUT2D eigenvalue weighted by Gasteiger charge is 2.06. The standard InChI is InChI=1S/C3H4N2O4S2/c6-11(7,8)2-9-3-1-10-5-4-3/h1H,2H2,(H,6,7,8). The maximum Gasteiger partial charge on any atom is 0.300 e. The van der Waals surface area contributed by atoms with Crippen LogP contribution >= 0.6 is 11.5 Å². The van der Waals surface area contributed by atoms with Crippen LogP contribution in [0.3, 0.4) is 0 Å². The summed E-state index contributed by atoms with van der Waals surface area (Å²) in [6.45, 7) is 0. The average molecular weight is 196 g/mol. The number of ether oxygens (including phenoxy) is 1. The van der Waals surface area contributed by atoms with Gasteiger partial charge in [-0.1, -0.05) is 9.59 Å². The molecule has 62 valence electrons. The second-order valence-corrected chi connectivity index (χ2v) is 3.60. The van der Waals surface area contributed by atoms with Gasteiger partial charge in [0.15, 0.2) is 0 Å². The molecular weight excluding hydrogens is 192 g/mol. The number of hydrogen-bond donors (Lipinski definition) is 1. The van der Waals surface area contributed by atoms with E-state index in [0.717, 1.165) is 11.5 Å². The van der Waals surface area contributed by atoms with Crippen molar-refractivity contribution in [3.63, 3.8) is 0 Å². The molecule has 1 aromatic heterocycles. The van der Waals surface area contributed by atoms with Crippen molar-refractivity contribution in [1.82, 2.24) is 9.59 Å². The van der Waals surface area contributed by atoms with E-state index in [-0.39, 0.29) is 5.88 Å². The topological polar surface area (TPSA) is 89.4 Å². The first kappa shape index (κ1) is 8.37. The summed E-state index contributed by atoms with van der Waals surface area (Å²) in [5.74, 6) is -0.703. The van der Waals surface area contributed by atoms with Crippen molar-refractivity contribution in [1.29, 1.82) is 0 Å². The van der Waals surface area contributed by atoms with Crippen molar-refractivity contribution in [2.24, 2.45) is 0 Å². The van der Waals surface area contributed by atoms with Crippen LogP contribution in [0.2, 0.25) is 0 Å². The lowest BCUT2D eigenvalue weighted by Gasteiger charge is -1.96. The number of aromatic nitrogens is 2. The van der Waals surface area contributed by atoms with Gasteiger partial charge in [0.1, 0.15) is 0 Å². The number of nitrogens with zero attached hydrogens (tertiary/aromatic N) is 2. The van der Waals surface area contributed by atoms with Crippen LogP contribution in [0.5, 0.6) is 5.88 Å². The Morgan fingerprint density at radius 1 is 1.73 bits per heavy atom. The van der Waals surface area contributed by atoms with E-state index in [9.17, 15) is 8.42 Å². The third-order valence-corrected chi connectivity index (χ3v) is 1.59. The highest BCUT2D eigenvalue weighted by molar-refractivity contribution is 7.85. The van der Waals surface area contributed by atoms with Gasteiger partial charge in [-0.25, -0.2) is 0 Å². The molecule has 0 aliphatic rings. The molecule has 0 atom stereocenters. The second-order valence-electron chi connectivity index (χ2n) is 1.59. The molecule has 1 aromatic rings. The van der Waals surface area contributed by atoms with Gasteiger partial charge in [0.25, 0.3) is 0 Å². The Morgan fingerprint density at radius 3 is 2.91 bits per heavy atom. The molecule has 0 aromatic carbocycles. The van der Waals surface area contributed by atoms with Crippen molar-refractivity contribution >= 4 is 21.7 Å². The van der Waals surface area contributed by atoms with E-state index in [1.165, 1.54) is 5.38 Å². The molecule has 1 heterocycles. The van der Waals surface area contributed by atoms with Gasteiger partial charge in [-0.3, -0.25) is 4.55 Å². The molecule has 8 heteroatoms. The first-order valence-corrected chi connectivity index (χ1v) is 4.87. The van der Waals surface area contributed by atoms with Crippen molar-refractivity contribution < 1.29 is 17.7 Å². The fourth-order valence-electron chi connectivity index (χ4n) is 0.354. The predicted octanol–water partition coefficient (Wildman–Crippen LogP) is -0.238. The smallest absolute Gasteiger partial charge is 0.300 e.